The van der Waals surface area contributed by atoms with Gasteiger partial charge >= 0.3 is 6.01 Å². The summed E-state index contributed by atoms with van der Waals surface area (Å²) >= 11 is 0. The predicted molar refractivity (Wildman–Crippen MR) is 173 cm³/mol. The zero-order chi connectivity index (χ0) is 34.7. The van der Waals surface area contributed by atoms with Crippen LogP contribution in [0.15, 0.2) is 30.3 Å². The average Bonchev–Trinajstić information content (AvgIpc) is 3.69. The topological polar surface area (TPSA) is 117 Å². The van der Waals surface area contributed by atoms with Gasteiger partial charge in [-0.25, -0.2) is 22.0 Å². The van der Waals surface area contributed by atoms with E-state index in [1.165, 1.54) is 6.07 Å². The molecule has 10 nitrogen and oxygen atoms in total. The molecule has 1 saturated carbocycles. The zero-order valence-corrected chi connectivity index (χ0v) is 26.8. The number of fused-ring (bicyclic) bond motifs is 5. The molecule has 5 heterocycles. The lowest BCUT2D eigenvalue weighted by atomic mass is 9.63. The Hall–Kier alpha value is -4.37. The van der Waals surface area contributed by atoms with Crippen LogP contribution in [-0.2, 0) is 0 Å². The van der Waals surface area contributed by atoms with Gasteiger partial charge in [-0.05, 0) is 67.6 Å². The van der Waals surface area contributed by atoms with Crippen molar-refractivity contribution in [2.24, 2.45) is 5.41 Å². The number of alkyl halides is 2. The molecule has 15 heteroatoms. The number of anilines is 1. The van der Waals surface area contributed by atoms with Gasteiger partial charge in [0.25, 0.3) is 5.69 Å². The number of phenols is 1. The highest BCUT2D eigenvalue weighted by molar-refractivity contribution is 6.04. The van der Waals surface area contributed by atoms with Gasteiger partial charge in [-0.1, -0.05) is 6.07 Å². The van der Waals surface area contributed by atoms with E-state index in [-0.39, 0.29) is 59.6 Å². The molecular weight excluding hydrogens is 663 g/mol. The van der Waals surface area contributed by atoms with Crippen molar-refractivity contribution in [2.45, 2.75) is 68.5 Å². The molecule has 50 heavy (non-hydrogen) atoms. The summed E-state index contributed by atoms with van der Waals surface area (Å²) in [6, 6.07) is 5.36. The van der Waals surface area contributed by atoms with Crippen LogP contribution in [0.25, 0.3) is 32.8 Å². The summed E-state index contributed by atoms with van der Waals surface area (Å²) in [5.74, 6) is -6.66. The Bertz CT molecular complexity index is 2100. The molecule has 1 aliphatic carbocycles. The lowest BCUT2D eigenvalue weighted by molar-refractivity contribution is -0.384. The van der Waals surface area contributed by atoms with E-state index >= 15 is 8.78 Å². The lowest BCUT2D eigenvalue weighted by Crippen LogP contribution is -2.51. The number of halogens is 5. The van der Waals surface area contributed by atoms with Gasteiger partial charge in [0.05, 0.1) is 21.4 Å². The van der Waals surface area contributed by atoms with Crippen molar-refractivity contribution in [1.29, 1.82) is 0 Å². The normalized spacial score (nSPS) is 26.5. The maximum absolute atomic E-state index is 17.1. The van der Waals surface area contributed by atoms with Crippen LogP contribution < -0.4 is 15.0 Å². The molecule has 0 unspecified atom stereocenters. The maximum Gasteiger partial charge on any atom is 0.319 e. The number of nitro benzene ring substituents is 1. The quantitative estimate of drug-likeness (QED) is 0.133. The number of nitro groups is 1. The molecule has 4 aromatic rings. The van der Waals surface area contributed by atoms with E-state index in [4.69, 9.17) is 9.72 Å². The first kappa shape index (κ1) is 31.6. The summed E-state index contributed by atoms with van der Waals surface area (Å²) in [6.45, 7) is 2.38. The van der Waals surface area contributed by atoms with Gasteiger partial charge in [0.1, 0.15) is 23.7 Å². The minimum absolute atomic E-state index is 0.00956. The van der Waals surface area contributed by atoms with Crippen LogP contribution >= 0.6 is 0 Å². The number of nitrogens with zero attached hydrogens (tertiary/aromatic N) is 5. The number of nitrogens with one attached hydrogen (secondary N) is 1. The van der Waals surface area contributed by atoms with Crippen molar-refractivity contribution >= 4 is 33.2 Å². The molecule has 1 aromatic heterocycles. The third-order valence-corrected chi connectivity index (χ3v) is 11.6. The number of aromatic hydroxyl groups is 1. The SMILES string of the molecule is O=[N+]([O-])c1cc2c(N3C[C@H]4CC[C@@H](C3)N4)nc(OC[C@]34CCCN3CC3(CC(F)(F)C3)C4)nc2c(F)c1-c1cc(O)cc2ccc(F)c(F)c12. The fourth-order valence-corrected chi connectivity index (χ4v) is 9.73. The van der Waals surface area contributed by atoms with Crippen molar-refractivity contribution in [3.63, 3.8) is 0 Å². The van der Waals surface area contributed by atoms with Gasteiger partial charge in [-0.3, -0.25) is 15.0 Å². The molecule has 2 N–H and O–H groups in total. The highest BCUT2D eigenvalue weighted by Crippen LogP contribution is 2.62. The van der Waals surface area contributed by atoms with Crippen LogP contribution in [0.2, 0.25) is 0 Å². The molecule has 2 bridgehead atoms. The number of phenolic OH excluding ortho intramolecular Hbond substituents is 1. The van der Waals surface area contributed by atoms with E-state index in [1.54, 1.807) is 0 Å². The third kappa shape index (κ3) is 4.87. The molecule has 4 aliphatic heterocycles. The summed E-state index contributed by atoms with van der Waals surface area (Å²) in [7, 11) is 0. The predicted octanol–water partition coefficient (Wildman–Crippen LogP) is 6.45. The fourth-order valence-electron chi connectivity index (χ4n) is 9.73. The highest BCUT2D eigenvalue weighted by atomic mass is 19.3. The van der Waals surface area contributed by atoms with E-state index in [1.807, 2.05) is 4.90 Å². The van der Waals surface area contributed by atoms with Gasteiger partial charge < -0.3 is 20.1 Å². The average molecular weight is 697 g/mol. The fraction of sp³-hybridized carbons (Fsp3) is 0.486. The van der Waals surface area contributed by atoms with E-state index in [2.05, 4.69) is 15.2 Å². The number of ether oxygens (including phenoxy) is 1. The number of aromatic nitrogens is 2. The van der Waals surface area contributed by atoms with Crippen molar-refractivity contribution < 1.29 is 36.7 Å². The van der Waals surface area contributed by atoms with E-state index in [0.29, 0.717) is 26.1 Å². The van der Waals surface area contributed by atoms with Crippen LogP contribution in [0.5, 0.6) is 11.8 Å². The second-order valence-corrected chi connectivity index (χ2v) is 15.0. The first-order valence-electron chi connectivity index (χ1n) is 16.9. The summed E-state index contributed by atoms with van der Waals surface area (Å²) in [5, 5.41) is 26.2. The molecule has 1 spiro atoms. The summed E-state index contributed by atoms with van der Waals surface area (Å²) in [5.41, 5.74) is -3.15. The summed E-state index contributed by atoms with van der Waals surface area (Å²) in [6.07, 6.45) is 3.65. The minimum Gasteiger partial charge on any atom is -0.508 e. The molecule has 0 amide bonds. The molecule has 9 rings (SSSR count). The molecule has 5 fully saturated rings. The molecule has 0 radical (unpaired) electrons. The number of piperazine rings is 1. The van der Waals surface area contributed by atoms with Gasteiger partial charge in [-0.15, -0.1) is 0 Å². The Kier molecular flexibility index (Phi) is 6.84. The molecule has 5 aliphatic rings. The van der Waals surface area contributed by atoms with Gasteiger partial charge in [0.15, 0.2) is 17.5 Å². The number of hydrogen-bond donors (Lipinski definition) is 2. The van der Waals surface area contributed by atoms with Crippen LogP contribution in [0.4, 0.5) is 33.5 Å². The minimum atomic E-state index is -2.67. The van der Waals surface area contributed by atoms with Gasteiger partial charge in [0, 0.05) is 61.6 Å². The lowest BCUT2D eigenvalue weighted by Gasteiger charge is -2.45. The zero-order valence-electron chi connectivity index (χ0n) is 26.8. The Labute approximate surface area is 282 Å². The first-order chi connectivity index (χ1) is 23.8. The summed E-state index contributed by atoms with van der Waals surface area (Å²) in [4.78, 5) is 25.0. The Morgan fingerprint density at radius 2 is 1.80 bits per heavy atom. The van der Waals surface area contributed by atoms with Crippen molar-refractivity contribution in [3.8, 4) is 22.9 Å². The smallest absolute Gasteiger partial charge is 0.319 e. The second kappa shape index (κ2) is 10.8. The molecule has 262 valence electrons. The first-order valence-corrected chi connectivity index (χ1v) is 16.9. The standard InChI is InChI=1S/C35H33F5N6O4/c36-24-5-2-18-8-21(47)9-22(26(18)28(24)37)27-25(46(48)49)10-23-30(29(27)38)42-32(43-31(23)44-11-19-3-4-20(12-44)41-19)50-17-34-6-1-7-45(34)16-33(13-34)14-35(39,40)15-33/h2,5,8-10,19-20,41,47H,1,3-4,6-7,11-17H2/t19-,20+,34-/m1/s1. The van der Waals surface area contributed by atoms with E-state index < -0.39 is 67.2 Å². The van der Waals surface area contributed by atoms with Crippen LogP contribution in [0.3, 0.4) is 0 Å². The van der Waals surface area contributed by atoms with Crippen molar-refractivity contribution in [1.82, 2.24) is 20.2 Å². The molecule has 3 atom stereocenters. The number of hydrogen-bond acceptors (Lipinski definition) is 9. The molecule has 4 saturated heterocycles. The van der Waals surface area contributed by atoms with Gasteiger partial charge in [0.2, 0.25) is 5.92 Å². The van der Waals surface area contributed by atoms with Gasteiger partial charge in [-0.2, -0.15) is 9.97 Å². The van der Waals surface area contributed by atoms with Crippen LogP contribution in [-0.4, -0.2) is 81.2 Å². The molecule has 3 aromatic carbocycles. The van der Waals surface area contributed by atoms with Crippen molar-refractivity contribution in [3.05, 3.63) is 57.9 Å². The molecular formula is C35H33F5N6O4. The van der Waals surface area contributed by atoms with Crippen LogP contribution in [0, 0.1) is 33.0 Å². The highest BCUT2D eigenvalue weighted by Gasteiger charge is 2.65. The van der Waals surface area contributed by atoms with Crippen LogP contribution in [0.1, 0.15) is 44.9 Å². The number of rotatable bonds is 6. The Morgan fingerprint density at radius 3 is 2.52 bits per heavy atom. The monoisotopic (exact) mass is 696 g/mol. The summed E-state index contributed by atoms with van der Waals surface area (Å²) < 4.78 is 81.3. The van der Waals surface area contributed by atoms with E-state index in [9.17, 15) is 28.4 Å². The number of benzene rings is 3. The largest absolute Gasteiger partial charge is 0.508 e. The Balaban J connectivity index is 1.19. The maximum atomic E-state index is 17.1. The second-order valence-electron chi connectivity index (χ2n) is 15.0. The third-order valence-electron chi connectivity index (χ3n) is 11.6. The van der Waals surface area contributed by atoms with Crippen molar-refractivity contribution in [2.75, 3.05) is 37.7 Å². The van der Waals surface area contributed by atoms with E-state index in [0.717, 1.165) is 56.5 Å². The Morgan fingerprint density at radius 1 is 1.04 bits per heavy atom.